The van der Waals surface area contributed by atoms with Crippen LogP contribution in [0.25, 0.3) is 0 Å². The Morgan fingerprint density at radius 1 is 1.47 bits per heavy atom. The Morgan fingerprint density at radius 2 is 2.21 bits per heavy atom. The fraction of sp³-hybridized carbons (Fsp3) is 0.429. The van der Waals surface area contributed by atoms with E-state index in [9.17, 15) is 9.18 Å². The summed E-state index contributed by atoms with van der Waals surface area (Å²) in [6.07, 6.45) is 0.211. The van der Waals surface area contributed by atoms with Crippen molar-refractivity contribution >= 4 is 5.91 Å². The molecule has 0 aliphatic rings. The number of hydrogen-bond donors (Lipinski definition) is 0. The minimum atomic E-state index is -0.538. The zero-order valence-corrected chi connectivity index (χ0v) is 11.1. The highest BCUT2D eigenvalue weighted by Gasteiger charge is 2.18. The van der Waals surface area contributed by atoms with Gasteiger partial charge in [-0.2, -0.15) is 5.26 Å². The van der Waals surface area contributed by atoms with Crippen molar-refractivity contribution in [3.05, 3.63) is 35.1 Å². The van der Waals surface area contributed by atoms with Crippen LogP contribution < -0.4 is 0 Å². The predicted molar refractivity (Wildman–Crippen MR) is 69.1 cm³/mol. The molecule has 0 saturated carbocycles. The molecule has 0 saturated heterocycles. The first kappa shape index (κ1) is 15.1. The predicted octanol–water partition coefficient (Wildman–Crippen LogP) is 2.14. The number of amides is 1. The van der Waals surface area contributed by atoms with E-state index in [0.29, 0.717) is 13.2 Å². The van der Waals surface area contributed by atoms with Crippen LogP contribution in [0.3, 0.4) is 0 Å². The van der Waals surface area contributed by atoms with Crippen molar-refractivity contribution in [2.45, 2.75) is 13.3 Å². The number of carbonyl (C=O) groups is 1. The number of methoxy groups -OCH3 is 1. The van der Waals surface area contributed by atoms with Gasteiger partial charge >= 0.3 is 0 Å². The molecule has 0 bridgehead atoms. The molecule has 0 aliphatic carbocycles. The molecule has 0 N–H and O–H groups in total. The van der Waals surface area contributed by atoms with Gasteiger partial charge in [-0.25, -0.2) is 4.39 Å². The Labute approximate surface area is 112 Å². The third kappa shape index (κ3) is 4.34. The van der Waals surface area contributed by atoms with Crippen LogP contribution in [0.1, 0.15) is 22.3 Å². The molecule has 5 heteroatoms. The Kier molecular flexibility index (Phi) is 5.97. The summed E-state index contributed by atoms with van der Waals surface area (Å²) in [6, 6.07) is 6.46. The number of aryl methyl sites for hydroxylation is 1. The molecule has 0 fully saturated rings. The van der Waals surface area contributed by atoms with Crippen molar-refractivity contribution in [1.82, 2.24) is 4.90 Å². The summed E-state index contributed by atoms with van der Waals surface area (Å²) in [5.74, 6) is -0.950. The lowest BCUT2D eigenvalue weighted by molar-refractivity contribution is 0.0695. The molecule has 0 radical (unpaired) electrons. The van der Waals surface area contributed by atoms with Crippen LogP contribution >= 0.6 is 0 Å². The fourth-order valence-electron chi connectivity index (χ4n) is 1.67. The van der Waals surface area contributed by atoms with Crippen LogP contribution in [0.4, 0.5) is 4.39 Å². The van der Waals surface area contributed by atoms with E-state index >= 15 is 0 Å². The monoisotopic (exact) mass is 264 g/mol. The quantitative estimate of drug-likeness (QED) is 0.791. The van der Waals surface area contributed by atoms with Gasteiger partial charge in [0.25, 0.3) is 5.91 Å². The Bertz CT molecular complexity index is 483. The van der Waals surface area contributed by atoms with Crippen LogP contribution in [0.15, 0.2) is 18.2 Å². The molecule has 1 amide bonds. The van der Waals surface area contributed by atoms with Gasteiger partial charge in [0.05, 0.1) is 24.7 Å². The van der Waals surface area contributed by atoms with Gasteiger partial charge in [-0.3, -0.25) is 4.79 Å². The number of halogens is 1. The van der Waals surface area contributed by atoms with Crippen LogP contribution in [-0.2, 0) is 4.74 Å². The van der Waals surface area contributed by atoms with Gasteiger partial charge in [0, 0.05) is 20.2 Å². The summed E-state index contributed by atoms with van der Waals surface area (Å²) < 4.78 is 18.7. The van der Waals surface area contributed by atoms with E-state index in [1.807, 2.05) is 6.07 Å². The van der Waals surface area contributed by atoms with Crippen LogP contribution in [0.2, 0.25) is 0 Å². The number of nitrogens with zero attached hydrogens (tertiary/aromatic N) is 2. The second-order valence-electron chi connectivity index (χ2n) is 4.18. The maximum Gasteiger partial charge on any atom is 0.256 e. The average molecular weight is 264 g/mol. The van der Waals surface area contributed by atoms with Gasteiger partial charge < -0.3 is 9.64 Å². The molecule has 19 heavy (non-hydrogen) atoms. The van der Waals surface area contributed by atoms with Crippen molar-refractivity contribution in [2.24, 2.45) is 0 Å². The molecule has 0 aromatic heterocycles. The van der Waals surface area contributed by atoms with Crippen molar-refractivity contribution in [3.63, 3.8) is 0 Å². The van der Waals surface area contributed by atoms with Crippen molar-refractivity contribution in [3.8, 4) is 6.07 Å². The Hall–Kier alpha value is -1.93. The van der Waals surface area contributed by atoms with Crippen molar-refractivity contribution in [1.29, 1.82) is 5.26 Å². The molecule has 1 aromatic rings. The maximum atomic E-state index is 13.8. The van der Waals surface area contributed by atoms with Crippen molar-refractivity contribution in [2.75, 3.05) is 26.8 Å². The van der Waals surface area contributed by atoms with Gasteiger partial charge in [0.2, 0.25) is 0 Å². The highest BCUT2D eigenvalue weighted by Crippen LogP contribution is 2.13. The first-order valence-electron chi connectivity index (χ1n) is 6.01. The molecule has 0 heterocycles. The van der Waals surface area contributed by atoms with E-state index in [4.69, 9.17) is 10.00 Å². The largest absolute Gasteiger partial charge is 0.383 e. The summed E-state index contributed by atoms with van der Waals surface area (Å²) in [7, 11) is 1.53. The number of hydrogen-bond acceptors (Lipinski definition) is 3. The molecule has 0 atom stereocenters. The number of ether oxygens (including phenoxy) is 1. The van der Waals surface area contributed by atoms with E-state index in [1.165, 1.54) is 24.1 Å². The fourth-order valence-corrected chi connectivity index (χ4v) is 1.67. The van der Waals surface area contributed by atoms with Gasteiger partial charge in [0.15, 0.2) is 0 Å². The number of benzene rings is 1. The zero-order valence-electron chi connectivity index (χ0n) is 11.1. The molecular formula is C14H17FN2O2. The maximum absolute atomic E-state index is 13.8. The second kappa shape index (κ2) is 7.49. The van der Waals surface area contributed by atoms with Crippen molar-refractivity contribution < 1.29 is 13.9 Å². The minimum Gasteiger partial charge on any atom is -0.383 e. The van der Waals surface area contributed by atoms with Crippen LogP contribution in [0, 0.1) is 24.1 Å². The summed E-state index contributed by atoms with van der Waals surface area (Å²) in [6.45, 7) is 2.72. The van der Waals surface area contributed by atoms with E-state index < -0.39 is 11.7 Å². The Balaban J connectivity index is 2.88. The highest BCUT2D eigenvalue weighted by molar-refractivity contribution is 5.94. The lowest BCUT2D eigenvalue weighted by Crippen LogP contribution is -2.35. The molecule has 1 rings (SSSR count). The van der Waals surface area contributed by atoms with Gasteiger partial charge in [-0.05, 0) is 24.6 Å². The van der Waals surface area contributed by atoms with Crippen LogP contribution in [-0.4, -0.2) is 37.6 Å². The SMILES string of the molecule is COCCN(CCC#N)C(=O)c1ccc(C)cc1F. The molecule has 0 unspecified atom stereocenters. The standard InChI is InChI=1S/C14H17FN2O2/c1-11-4-5-12(13(15)10-11)14(18)17(7-3-6-16)8-9-19-2/h4-5,10H,3,7-9H2,1-2H3. The first-order valence-corrected chi connectivity index (χ1v) is 6.01. The second-order valence-corrected chi connectivity index (χ2v) is 4.18. The highest BCUT2D eigenvalue weighted by atomic mass is 19.1. The lowest BCUT2D eigenvalue weighted by atomic mass is 10.1. The van der Waals surface area contributed by atoms with Gasteiger partial charge in [-0.1, -0.05) is 6.07 Å². The molecule has 1 aromatic carbocycles. The third-order valence-corrected chi connectivity index (χ3v) is 2.70. The summed E-state index contributed by atoms with van der Waals surface area (Å²) in [4.78, 5) is 13.6. The first-order chi connectivity index (χ1) is 9.10. The van der Waals surface area contributed by atoms with E-state index in [1.54, 1.807) is 13.0 Å². The summed E-state index contributed by atoms with van der Waals surface area (Å²) in [5.41, 5.74) is 0.786. The molecule has 4 nitrogen and oxygen atoms in total. The molecular weight excluding hydrogens is 247 g/mol. The van der Waals surface area contributed by atoms with Crippen LogP contribution in [0.5, 0.6) is 0 Å². The molecule has 0 aliphatic heterocycles. The number of rotatable bonds is 6. The summed E-state index contributed by atoms with van der Waals surface area (Å²) in [5, 5.41) is 8.59. The van der Waals surface area contributed by atoms with Gasteiger partial charge in [-0.15, -0.1) is 0 Å². The Morgan fingerprint density at radius 3 is 2.79 bits per heavy atom. The number of carbonyl (C=O) groups excluding carboxylic acids is 1. The zero-order chi connectivity index (χ0) is 14.3. The minimum absolute atomic E-state index is 0.0274. The summed E-state index contributed by atoms with van der Waals surface area (Å²) >= 11 is 0. The molecule has 0 spiro atoms. The third-order valence-electron chi connectivity index (χ3n) is 2.70. The number of nitriles is 1. The molecule has 102 valence electrons. The lowest BCUT2D eigenvalue weighted by Gasteiger charge is -2.21. The van der Waals surface area contributed by atoms with Gasteiger partial charge in [0.1, 0.15) is 5.82 Å². The smallest absolute Gasteiger partial charge is 0.256 e. The average Bonchev–Trinajstić information content (AvgIpc) is 2.38. The topological polar surface area (TPSA) is 53.3 Å². The van der Waals surface area contributed by atoms with E-state index in [2.05, 4.69) is 0 Å². The van der Waals surface area contributed by atoms with E-state index in [0.717, 1.165) is 5.56 Å². The van der Waals surface area contributed by atoms with E-state index in [-0.39, 0.29) is 18.5 Å². The normalized spacial score (nSPS) is 10.0.